The second kappa shape index (κ2) is 9.95. The van der Waals surface area contributed by atoms with Crippen molar-refractivity contribution >= 4 is 5.97 Å². The molecule has 0 spiro atoms. The topological polar surface area (TPSA) is 55.8 Å². The van der Waals surface area contributed by atoms with E-state index >= 15 is 0 Å². The quantitative estimate of drug-likeness (QED) is 0.538. The molecule has 1 N–H and O–H groups in total. The van der Waals surface area contributed by atoms with Gasteiger partial charge in [-0.2, -0.15) is 0 Å². The Labute approximate surface area is 83.8 Å². The number of ether oxygens (including phenoxy) is 2. The smallest absolute Gasteiger partial charge is 0.328 e. The Kier molecular flexibility index (Phi) is 9.15. The lowest BCUT2D eigenvalue weighted by molar-refractivity contribution is -0.131. The lowest BCUT2D eigenvalue weighted by Crippen LogP contribution is -2.16. The number of aliphatic carboxylic acids is 1. The molecule has 14 heavy (non-hydrogen) atoms. The summed E-state index contributed by atoms with van der Waals surface area (Å²) in [5.41, 5.74) is 0. The molecule has 1 aliphatic rings. The van der Waals surface area contributed by atoms with E-state index < -0.39 is 5.97 Å². The van der Waals surface area contributed by atoms with Crippen LogP contribution in [0.3, 0.4) is 0 Å². The zero-order chi connectivity index (χ0) is 10.6. The first-order valence-electron chi connectivity index (χ1n) is 4.45. The maximum atomic E-state index is 9.75. The number of hydrogen-bond acceptors (Lipinski definition) is 3. The monoisotopic (exact) mass is 200 g/mol. The van der Waals surface area contributed by atoms with E-state index in [1.165, 1.54) is 6.08 Å². The van der Waals surface area contributed by atoms with Crippen molar-refractivity contribution in [1.29, 1.82) is 0 Å². The lowest BCUT2D eigenvalue weighted by atomic mass is 10.4. The van der Waals surface area contributed by atoms with Crippen molar-refractivity contribution in [2.75, 3.05) is 26.4 Å². The van der Waals surface area contributed by atoms with Gasteiger partial charge in [-0.3, -0.25) is 0 Å². The number of hydrogen-bond donors (Lipinski definition) is 1. The second-order valence-corrected chi connectivity index (χ2v) is 2.45. The molecule has 1 rings (SSSR count). The van der Waals surface area contributed by atoms with Crippen LogP contribution < -0.4 is 0 Å². The third-order valence-electron chi connectivity index (χ3n) is 1.29. The van der Waals surface area contributed by atoms with Crippen molar-refractivity contribution in [3.63, 3.8) is 0 Å². The molecule has 1 fully saturated rings. The van der Waals surface area contributed by atoms with Crippen LogP contribution in [0.15, 0.2) is 24.3 Å². The predicted molar refractivity (Wildman–Crippen MR) is 53.2 cm³/mol. The van der Waals surface area contributed by atoms with Crippen LogP contribution in [0.1, 0.15) is 6.92 Å². The van der Waals surface area contributed by atoms with Gasteiger partial charge in [0.25, 0.3) is 0 Å². The molecule has 0 atom stereocenters. The summed E-state index contributed by atoms with van der Waals surface area (Å²) in [6.07, 6.45) is 5.98. The van der Waals surface area contributed by atoms with Gasteiger partial charge < -0.3 is 14.6 Å². The van der Waals surface area contributed by atoms with Gasteiger partial charge in [0.1, 0.15) is 0 Å². The highest BCUT2D eigenvalue weighted by atomic mass is 16.6. The molecule has 0 aromatic rings. The number of allylic oxidation sites excluding steroid dienone is 3. The lowest BCUT2D eigenvalue weighted by Gasteiger charge is -2.09. The highest BCUT2D eigenvalue weighted by Crippen LogP contribution is 1.85. The molecule has 4 heteroatoms. The molecule has 0 aliphatic carbocycles. The van der Waals surface area contributed by atoms with Crippen molar-refractivity contribution in [3.05, 3.63) is 24.3 Å². The van der Waals surface area contributed by atoms with Crippen molar-refractivity contribution < 1.29 is 19.4 Å². The van der Waals surface area contributed by atoms with E-state index in [0.717, 1.165) is 32.5 Å². The molecule has 0 bridgehead atoms. The number of carboxylic acid groups (broad SMARTS) is 1. The Balaban J connectivity index is 0.000000249. The van der Waals surface area contributed by atoms with Crippen LogP contribution >= 0.6 is 0 Å². The molecular weight excluding hydrogens is 184 g/mol. The first-order valence-corrected chi connectivity index (χ1v) is 4.45. The Morgan fingerprint density at radius 3 is 1.93 bits per heavy atom. The summed E-state index contributed by atoms with van der Waals surface area (Å²) in [4.78, 5) is 9.75. The van der Waals surface area contributed by atoms with E-state index in [2.05, 4.69) is 0 Å². The van der Waals surface area contributed by atoms with E-state index in [1.807, 2.05) is 6.92 Å². The van der Waals surface area contributed by atoms with E-state index in [-0.39, 0.29) is 0 Å². The van der Waals surface area contributed by atoms with Gasteiger partial charge in [0, 0.05) is 6.08 Å². The van der Waals surface area contributed by atoms with E-state index in [9.17, 15) is 4.79 Å². The summed E-state index contributed by atoms with van der Waals surface area (Å²) < 4.78 is 9.89. The molecule has 0 radical (unpaired) electrons. The normalized spacial score (nSPS) is 16.6. The van der Waals surface area contributed by atoms with Crippen LogP contribution in [-0.2, 0) is 14.3 Å². The van der Waals surface area contributed by atoms with Gasteiger partial charge in [-0.1, -0.05) is 18.2 Å². The number of rotatable bonds is 2. The SMILES string of the molecule is C/C=C/C=C/C(=O)O.C1COCCO1. The van der Waals surface area contributed by atoms with Gasteiger partial charge in [-0.25, -0.2) is 4.79 Å². The summed E-state index contributed by atoms with van der Waals surface area (Å²) in [5, 5.41) is 8.02. The molecule has 0 aromatic carbocycles. The molecular formula is C10H16O4. The molecule has 1 heterocycles. The molecule has 0 saturated carbocycles. The van der Waals surface area contributed by atoms with E-state index in [0.29, 0.717) is 0 Å². The molecule has 0 unspecified atom stereocenters. The molecule has 1 saturated heterocycles. The third-order valence-corrected chi connectivity index (χ3v) is 1.29. The van der Waals surface area contributed by atoms with Crippen LogP contribution in [0.4, 0.5) is 0 Å². The maximum absolute atomic E-state index is 9.75. The molecule has 0 aromatic heterocycles. The zero-order valence-corrected chi connectivity index (χ0v) is 8.31. The Morgan fingerprint density at radius 2 is 1.64 bits per heavy atom. The van der Waals surface area contributed by atoms with Crippen LogP contribution in [0.5, 0.6) is 0 Å². The molecule has 1 aliphatic heterocycles. The Hall–Kier alpha value is -1.13. The Morgan fingerprint density at radius 1 is 1.14 bits per heavy atom. The summed E-state index contributed by atoms with van der Waals surface area (Å²) in [7, 11) is 0. The molecule has 0 amide bonds. The average Bonchev–Trinajstić information content (AvgIpc) is 2.21. The minimum absolute atomic E-state index is 0.778. The summed E-state index contributed by atoms with van der Waals surface area (Å²) in [6.45, 7) is 4.94. The highest BCUT2D eigenvalue weighted by molar-refractivity contribution is 5.80. The largest absolute Gasteiger partial charge is 0.478 e. The molecule has 4 nitrogen and oxygen atoms in total. The fraction of sp³-hybridized carbons (Fsp3) is 0.500. The first kappa shape index (κ1) is 12.9. The van der Waals surface area contributed by atoms with Gasteiger partial charge in [-0.05, 0) is 6.92 Å². The summed E-state index contributed by atoms with van der Waals surface area (Å²) >= 11 is 0. The predicted octanol–water partition coefficient (Wildman–Crippen LogP) is 1.24. The highest BCUT2D eigenvalue weighted by Gasteiger charge is 1.94. The van der Waals surface area contributed by atoms with Gasteiger partial charge >= 0.3 is 5.97 Å². The van der Waals surface area contributed by atoms with Crippen LogP contribution in [0, 0.1) is 0 Å². The van der Waals surface area contributed by atoms with Crippen LogP contribution in [-0.4, -0.2) is 37.5 Å². The van der Waals surface area contributed by atoms with Gasteiger partial charge in [-0.15, -0.1) is 0 Å². The minimum Gasteiger partial charge on any atom is -0.478 e. The maximum Gasteiger partial charge on any atom is 0.328 e. The van der Waals surface area contributed by atoms with Crippen molar-refractivity contribution in [3.8, 4) is 0 Å². The van der Waals surface area contributed by atoms with Crippen molar-refractivity contribution in [2.24, 2.45) is 0 Å². The summed E-state index contributed by atoms with van der Waals surface area (Å²) in [6, 6.07) is 0. The third kappa shape index (κ3) is 10.9. The average molecular weight is 200 g/mol. The van der Waals surface area contributed by atoms with Crippen molar-refractivity contribution in [2.45, 2.75) is 6.92 Å². The van der Waals surface area contributed by atoms with E-state index in [1.54, 1.807) is 12.2 Å². The van der Waals surface area contributed by atoms with Gasteiger partial charge in [0.15, 0.2) is 0 Å². The zero-order valence-electron chi connectivity index (χ0n) is 8.31. The first-order chi connectivity index (χ1) is 6.77. The fourth-order valence-corrected chi connectivity index (χ4v) is 0.689. The van der Waals surface area contributed by atoms with Crippen molar-refractivity contribution in [1.82, 2.24) is 0 Å². The number of carbonyl (C=O) groups is 1. The van der Waals surface area contributed by atoms with E-state index in [4.69, 9.17) is 14.6 Å². The second-order valence-electron chi connectivity index (χ2n) is 2.45. The van der Waals surface area contributed by atoms with Gasteiger partial charge in [0.05, 0.1) is 26.4 Å². The fourth-order valence-electron chi connectivity index (χ4n) is 0.689. The molecule has 80 valence electrons. The van der Waals surface area contributed by atoms with Crippen LogP contribution in [0.25, 0.3) is 0 Å². The van der Waals surface area contributed by atoms with Crippen LogP contribution in [0.2, 0.25) is 0 Å². The standard InChI is InChI=1S/C6H8O2.C4H8O2/c1-2-3-4-5-6(7)8;1-2-6-4-3-5-1/h2-5H,1H3,(H,7,8);1-4H2/b3-2+,5-4+;. The number of carboxylic acids is 1. The Bertz CT molecular complexity index is 181. The minimum atomic E-state index is -0.914. The van der Waals surface area contributed by atoms with Gasteiger partial charge in [0.2, 0.25) is 0 Å². The summed E-state index contributed by atoms with van der Waals surface area (Å²) in [5.74, 6) is -0.914.